The average Bonchev–Trinajstić information content (AvgIpc) is 3.11. The van der Waals surface area contributed by atoms with Gasteiger partial charge in [-0.25, -0.2) is 8.42 Å². The number of nitrogens with zero attached hydrogens (tertiary/aromatic N) is 4. The van der Waals surface area contributed by atoms with Gasteiger partial charge in [0, 0.05) is 24.3 Å². The lowest BCUT2D eigenvalue weighted by atomic mass is 10.1. The molecule has 146 valence electrons. The summed E-state index contributed by atoms with van der Waals surface area (Å²) < 4.78 is 29.0. The summed E-state index contributed by atoms with van der Waals surface area (Å²) in [6.45, 7) is 2.47. The van der Waals surface area contributed by atoms with Gasteiger partial charge in [0.15, 0.2) is 5.65 Å². The number of benzene rings is 1. The summed E-state index contributed by atoms with van der Waals surface area (Å²) in [5.41, 5.74) is 0.966. The average molecular weight is 399 g/mol. The summed E-state index contributed by atoms with van der Waals surface area (Å²) in [5, 5.41) is 10.6. The minimum absolute atomic E-state index is 0.0112. The third-order valence-corrected chi connectivity index (χ3v) is 7.03. The van der Waals surface area contributed by atoms with Crippen molar-refractivity contribution in [2.75, 3.05) is 11.9 Å². The molecule has 1 amide bonds. The van der Waals surface area contributed by atoms with Crippen LogP contribution < -0.4 is 5.32 Å². The zero-order valence-corrected chi connectivity index (χ0v) is 16.3. The van der Waals surface area contributed by atoms with Crippen molar-refractivity contribution in [3.63, 3.8) is 0 Å². The molecule has 0 spiro atoms. The van der Waals surface area contributed by atoms with Crippen molar-refractivity contribution in [1.29, 1.82) is 0 Å². The molecule has 9 heteroatoms. The van der Waals surface area contributed by atoms with Crippen LogP contribution in [0, 0.1) is 0 Å². The molecule has 1 atom stereocenters. The third kappa shape index (κ3) is 3.38. The van der Waals surface area contributed by atoms with Crippen molar-refractivity contribution in [2.24, 2.45) is 0 Å². The zero-order valence-electron chi connectivity index (χ0n) is 15.4. The standard InChI is InChI=1S/C19H21N5O3S/c1-14-6-2-5-13-24(14)28(26,27)16-10-8-15(9-11-16)18(25)20-19-22-21-17-7-3-4-12-23(17)19/h3-4,7-12,14H,2,5-6,13H2,1H3,(H,20,22,25)/t14-/m0/s1. The van der Waals surface area contributed by atoms with Crippen molar-refractivity contribution in [3.05, 3.63) is 54.2 Å². The predicted molar refractivity (Wildman–Crippen MR) is 105 cm³/mol. The van der Waals surface area contributed by atoms with Gasteiger partial charge in [0.2, 0.25) is 16.0 Å². The smallest absolute Gasteiger partial charge is 0.258 e. The fourth-order valence-electron chi connectivity index (χ4n) is 3.44. The monoisotopic (exact) mass is 399 g/mol. The van der Waals surface area contributed by atoms with Crippen LogP contribution in [0.5, 0.6) is 0 Å². The van der Waals surface area contributed by atoms with Gasteiger partial charge in [-0.15, -0.1) is 10.2 Å². The van der Waals surface area contributed by atoms with Crippen molar-refractivity contribution in [3.8, 4) is 0 Å². The van der Waals surface area contributed by atoms with E-state index >= 15 is 0 Å². The van der Waals surface area contributed by atoms with Crippen LogP contribution in [0.25, 0.3) is 5.65 Å². The van der Waals surface area contributed by atoms with Crippen LogP contribution in [0.15, 0.2) is 53.6 Å². The molecule has 1 aliphatic heterocycles. The number of sulfonamides is 1. The minimum atomic E-state index is -3.56. The number of nitrogens with one attached hydrogen (secondary N) is 1. The Morgan fingerprint density at radius 3 is 2.64 bits per heavy atom. The molecule has 1 fully saturated rings. The Labute approximate surface area is 163 Å². The van der Waals surface area contributed by atoms with E-state index in [0.29, 0.717) is 23.7 Å². The maximum atomic E-state index is 12.9. The Balaban J connectivity index is 1.53. The molecule has 1 saturated heterocycles. The van der Waals surface area contributed by atoms with Crippen LogP contribution >= 0.6 is 0 Å². The van der Waals surface area contributed by atoms with Gasteiger partial charge in [-0.1, -0.05) is 12.5 Å². The lowest BCUT2D eigenvalue weighted by Crippen LogP contribution is -2.41. The Morgan fingerprint density at radius 1 is 1.11 bits per heavy atom. The van der Waals surface area contributed by atoms with Crippen molar-refractivity contribution in [2.45, 2.75) is 37.1 Å². The quantitative estimate of drug-likeness (QED) is 0.727. The second-order valence-electron chi connectivity index (χ2n) is 6.89. The highest BCUT2D eigenvalue weighted by atomic mass is 32.2. The number of carbonyl (C=O) groups excluding carboxylic acids is 1. The summed E-state index contributed by atoms with van der Waals surface area (Å²) in [5.74, 6) is -0.0760. The van der Waals surface area contributed by atoms with Crippen LogP contribution in [0.1, 0.15) is 36.5 Å². The first-order chi connectivity index (χ1) is 13.5. The van der Waals surface area contributed by atoms with E-state index in [0.717, 1.165) is 19.3 Å². The first kappa shape index (κ1) is 18.6. The van der Waals surface area contributed by atoms with Crippen LogP contribution in [-0.4, -0.2) is 45.8 Å². The van der Waals surface area contributed by atoms with Gasteiger partial charge >= 0.3 is 0 Å². The molecule has 0 radical (unpaired) electrons. The van der Waals surface area contributed by atoms with Gasteiger partial charge in [-0.2, -0.15) is 4.31 Å². The molecule has 0 bridgehead atoms. The normalized spacial score (nSPS) is 18.2. The molecule has 4 rings (SSSR count). The number of fused-ring (bicyclic) bond motifs is 1. The van der Waals surface area contributed by atoms with Crippen molar-refractivity contribution in [1.82, 2.24) is 18.9 Å². The second kappa shape index (κ2) is 7.33. The van der Waals surface area contributed by atoms with E-state index < -0.39 is 10.0 Å². The van der Waals surface area contributed by atoms with Gasteiger partial charge in [0.1, 0.15) is 0 Å². The Hall–Kier alpha value is -2.78. The highest BCUT2D eigenvalue weighted by Crippen LogP contribution is 2.25. The first-order valence-electron chi connectivity index (χ1n) is 9.20. The third-order valence-electron chi connectivity index (χ3n) is 5.00. The maximum absolute atomic E-state index is 12.9. The molecular weight excluding hydrogens is 378 g/mol. The summed E-state index contributed by atoms with van der Waals surface area (Å²) in [6.07, 6.45) is 4.53. The lowest BCUT2D eigenvalue weighted by molar-refractivity contribution is 0.102. The molecule has 3 aromatic rings. The van der Waals surface area contributed by atoms with Crippen molar-refractivity contribution >= 4 is 27.5 Å². The highest BCUT2D eigenvalue weighted by Gasteiger charge is 2.30. The molecule has 0 unspecified atom stereocenters. The van der Waals surface area contributed by atoms with Crippen LogP contribution in [0.2, 0.25) is 0 Å². The Morgan fingerprint density at radius 2 is 1.89 bits per heavy atom. The molecule has 3 heterocycles. The number of carbonyl (C=O) groups is 1. The van der Waals surface area contributed by atoms with E-state index in [1.54, 1.807) is 21.0 Å². The molecule has 8 nitrogen and oxygen atoms in total. The number of anilines is 1. The molecule has 0 aliphatic carbocycles. The number of amides is 1. The second-order valence-corrected chi connectivity index (χ2v) is 8.78. The van der Waals surface area contributed by atoms with E-state index in [1.807, 2.05) is 19.1 Å². The van der Waals surface area contributed by atoms with Gasteiger partial charge in [-0.3, -0.25) is 14.5 Å². The summed E-state index contributed by atoms with van der Waals surface area (Å²) >= 11 is 0. The van der Waals surface area contributed by atoms with E-state index in [1.165, 1.54) is 24.3 Å². The summed E-state index contributed by atoms with van der Waals surface area (Å²) in [4.78, 5) is 12.7. The van der Waals surface area contributed by atoms with Gasteiger partial charge in [0.05, 0.1) is 4.90 Å². The zero-order chi connectivity index (χ0) is 19.7. The minimum Gasteiger partial charge on any atom is -0.290 e. The number of aromatic nitrogens is 3. The fourth-order valence-corrected chi connectivity index (χ4v) is 5.14. The van der Waals surface area contributed by atoms with E-state index in [-0.39, 0.29) is 16.8 Å². The molecule has 1 aromatic carbocycles. The highest BCUT2D eigenvalue weighted by molar-refractivity contribution is 7.89. The number of hydrogen-bond acceptors (Lipinski definition) is 5. The fraction of sp³-hybridized carbons (Fsp3) is 0.316. The molecule has 1 aliphatic rings. The van der Waals surface area contributed by atoms with E-state index in [9.17, 15) is 13.2 Å². The number of rotatable bonds is 4. The number of pyridine rings is 1. The SMILES string of the molecule is C[C@H]1CCCCN1S(=O)(=O)c1ccc(C(=O)Nc2nnc3ccccn23)cc1. The van der Waals surface area contributed by atoms with E-state index in [4.69, 9.17) is 0 Å². The molecule has 0 saturated carbocycles. The van der Waals surface area contributed by atoms with Crippen LogP contribution in [-0.2, 0) is 10.0 Å². The van der Waals surface area contributed by atoms with Gasteiger partial charge in [0.25, 0.3) is 5.91 Å². The van der Waals surface area contributed by atoms with E-state index in [2.05, 4.69) is 15.5 Å². The Bertz CT molecular complexity index is 1110. The molecule has 2 aromatic heterocycles. The van der Waals surface area contributed by atoms with Crippen LogP contribution in [0.4, 0.5) is 5.95 Å². The van der Waals surface area contributed by atoms with Crippen molar-refractivity contribution < 1.29 is 13.2 Å². The summed E-state index contributed by atoms with van der Waals surface area (Å²) in [7, 11) is -3.56. The van der Waals surface area contributed by atoms with Crippen LogP contribution in [0.3, 0.4) is 0 Å². The number of piperidine rings is 1. The number of hydrogen-bond donors (Lipinski definition) is 1. The molecule has 28 heavy (non-hydrogen) atoms. The van der Waals surface area contributed by atoms with Gasteiger partial charge in [-0.05, 0) is 56.2 Å². The van der Waals surface area contributed by atoms with Gasteiger partial charge < -0.3 is 0 Å². The molecule has 1 N–H and O–H groups in total. The predicted octanol–water partition coefficient (Wildman–Crippen LogP) is 2.54. The molecular formula is C19H21N5O3S. The summed E-state index contributed by atoms with van der Waals surface area (Å²) in [6, 6.07) is 11.4. The first-order valence-corrected chi connectivity index (χ1v) is 10.6. The maximum Gasteiger partial charge on any atom is 0.258 e. The Kier molecular flexibility index (Phi) is 4.86. The lowest BCUT2D eigenvalue weighted by Gasteiger charge is -2.32. The topological polar surface area (TPSA) is 96.7 Å². The largest absolute Gasteiger partial charge is 0.290 e.